The van der Waals surface area contributed by atoms with Crippen LogP contribution in [0.2, 0.25) is 0 Å². The number of rotatable bonds is 8. The highest BCUT2D eigenvalue weighted by atomic mass is 16.5. The number of hydrogen-bond acceptors (Lipinski definition) is 4. The van der Waals surface area contributed by atoms with Crippen molar-refractivity contribution < 1.29 is 14.3 Å². The summed E-state index contributed by atoms with van der Waals surface area (Å²) in [6.07, 6.45) is 1.06. The molecular formula is C20H23NO3. The van der Waals surface area contributed by atoms with Gasteiger partial charge in [0.25, 0.3) is 0 Å². The summed E-state index contributed by atoms with van der Waals surface area (Å²) in [6, 6.07) is 18.6. The van der Waals surface area contributed by atoms with E-state index in [1.165, 1.54) is 16.3 Å². The van der Waals surface area contributed by atoms with Gasteiger partial charge >= 0.3 is 0 Å². The molecule has 0 aliphatic carbocycles. The third-order valence-corrected chi connectivity index (χ3v) is 4.07. The first-order valence-corrected chi connectivity index (χ1v) is 8.22. The molecule has 3 rings (SSSR count). The van der Waals surface area contributed by atoms with Gasteiger partial charge in [0.2, 0.25) is 0 Å². The SMILES string of the molecule is CC(NCC(O)COCc1ccco1)c1ccc2ccccc2c1. The Morgan fingerprint density at radius 2 is 1.92 bits per heavy atom. The predicted octanol–water partition coefficient (Wildman–Crippen LogP) is 3.66. The summed E-state index contributed by atoms with van der Waals surface area (Å²) in [5, 5.41) is 15.8. The zero-order valence-corrected chi connectivity index (χ0v) is 13.8. The number of nitrogens with one attached hydrogen (secondary N) is 1. The van der Waals surface area contributed by atoms with E-state index in [1.807, 2.05) is 24.3 Å². The molecular weight excluding hydrogens is 302 g/mol. The van der Waals surface area contributed by atoms with Crippen molar-refractivity contribution in [1.82, 2.24) is 5.32 Å². The lowest BCUT2D eigenvalue weighted by molar-refractivity contribution is 0.0217. The van der Waals surface area contributed by atoms with E-state index in [9.17, 15) is 5.11 Å². The average Bonchev–Trinajstić information content (AvgIpc) is 3.12. The van der Waals surface area contributed by atoms with Gasteiger partial charge in [-0.15, -0.1) is 0 Å². The van der Waals surface area contributed by atoms with E-state index in [1.54, 1.807) is 6.26 Å². The number of hydrogen-bond donors (Lipinski definition) is 2. The van der Waals surface area contributed by atoms with E-state index in [2.05, 4.69) is 42.6 Å². The number of benzene rings is 2. The molecule has 0 aliphatic heterocycles. The Kier molecular flexibility index (Phi) is 5.64. The second kappa shape index (κ2) is 8.11. The van der Waals surface area contributed by atoms with Crippen molar-refractivity contribution in [3.63, 3.8) is 0 Å². The van der Waals surface area contributed by atoms with Gasteiger partial charge in [-0.25, -0.2) is 0 Å². The molecule has 0 amide bonds. The van der Waals surface area contributed by atoms with Crippen LogP contribution in [0.1, 0.15) is 24.3 Å². The third-order valence-electron chi connectivity index (χ3n) is 4.07. The molecule has 1 aromatic heterocycles. The quantitative estimate of drug-likeness (QED) is 0.663. The number of furan rings is 1. The predicted molar refractivity (Wildman–Crippen MR) is 94.7 cm³/mol. The summed E-state index contributed by atoms with van der Waals surface area (Å²) in [6.45, 7) is 3.23. The molecule has 0 radical (unpaired) electrons. The lowest BCUT2D eigenvalue weighted by atomic mass is 10.0. The average molecular weight is 325 g/mol. The van der Waals surface area contributed by atoms with Gasteiger partial charge in [0.05, 0.1) is 19.0 Å². The van der Waals surface area contributed by atoms with Crippen LogP contribution in [0.4, 0.5) is 0 Å². The molecule has 126 valence electrons. The molecule has 0 spiro atoms. The van der Waals surface area contributed by atoms with E-state index >= 15 is 0 Å². The molecule has 1 heterocycles. The summed E-state index contributed by atoms with van der Waals surface area (Å²) in [7, 11) is 0. The van der Waals surface area contributed by atoms with Crippen LogP contribution in [-0.4, -0.2) is 24.4 Å². The van der Waals surface area contributed by atoms with Crippen molar-refractivity contribution in [2.45, 2.75) is 25.7 Å². The highest BCUT2D eigenvalue weighted by Crippen LogP contribution is 2.20. The van der Waals surface area contributed by atoms with Crippen LogP contribution in [0, 0.1) is 0 Å². The van der Waals surface area contributed by atoms with Crippen LogP contribution in [0.3, 0.4) is 0 Å². The number of aliphatic hydroxyl groups excluding tert-OH is 1. The van der Waals surface area contributed by atoms with Gasteiger partial charge < -0.3 is 19.6 Å². The molecule has 2 aromatic carbocycles. The molecule has 3 aromatic rings. The molecule has 0 bridgehead atoms. The summed E-state index contributed by atoms with van der Waals surface area (Å²) < 4.78 is 10.6. The van der Waals surface area contributed by atoms with Crippen molar-refractivity contribution >= 4 is 10.8 Å². The Hall–Kier alpha value is -2.14. The van der Waals surface area contributed by atoms with Crippen molar-refractivity contribution in [3.05, 3.63) is 72.2 Å². The summed E-state index contributed by atoms with van der Waals surface area (Å²) in [5.74, 6) is 0.764. The number of fused-ring (bicyclic) bond motifs is 1. The first-order chi connectivity index (χ1) is 11.7. The Morgan fingerprint density at radius 3 is 2.71 bits per heavy atom. The lowest BCUT2D eigenvalue weighted by Crippen LogP contribution is -2.32. The molecule has 0 fully saturated rings. The van der Waals surface area contributed by atoms with E-state index in [0.29, 0.717) is 13.2 Å². The van der Waals surface area contributed by atoms with Gasteiger partial charge in [-0.1, -0.05) is 36.4 Å². The van der Waals surface area contributed by atoms with E-state index in [0.717, 1.165) is 5.76 Å². The second-order valence-electron chi connectivity index (χ2n) is 5.98. The maximum absolute atomic E-state index is 10.0. The highest BCUT2D eigenvalue weighted by molar-refractivity contribution is 5.83. The zero-order chi connectivity index (χ0) is 16.8. The molecule has 24 heavy (non-hydrogen) atoms. The molecule has 2 N–H and O–H groups in total. The van der Waals surface area contributed by atoms with Crippen LogP contribution in [0.25, 0.3) is 10.8 Å². The van der Waals surface area contributed by atoms with Gasteiger partial charge in [0.1, 0.15) is 12.4 Å². The molecule has 0 saturated heterocycles. The lowest BCUT2D eigenvalue weighted by Gasteiger charge is -2.18. The maximum Gasteiger partial charge on any atom is 0.129 e. The minimum Gasteiger partial charge on any atom is -0.467 e. The third kappa shape index (κ3) is 4.45. The Bertz CT molecular complexity index is 754. The molecule has 0 aliphatic rings. The Morgan fingerprint density at radius 1 is 1.08 bits per heavy atom. The van der Waals surface area contributed by atoms with Crippen molar-refractivity contribution in [3.8, 4) is 0 Å². The first kappa shape index (κ1) is 16.7. The van der Waals surface area contributed by atoms with Gasteiger partial charge in [-0.2, -0.15) is 0 Å². The minimum absolute atomic E-state index is 0.161. The van der Waals surface area contributed by atoms with Crippen LogP contribution >= 0.6 is 0 Å². The van der Waals surface area contributed by atoms with Gasteiger partial charge in [-0.3, -0.25) is 0 Å². The van der Waals surface area contributed by atoms with Gasteiger partial charge in [-0.05, 0) is 41.5 Å². The van der Waals surface area contributed by atoms with E-state index in [-0.39, 0.29) is 12.6 Å². The zero-order valence-electron chi connectivity index (χ0n) is 13.8. The second-order valence-corrected chi connectivity index (χ2v) is 5.98. The Labute approximate surface area is 142 Å². The van der Waals surface area contributed by atoms with Crippen LogP contribution < -0.4 is 5.32 Å². The smallest absolute Gasteiger partial charge is 0.129 e. The van der Waals surface area contributed by atoms with Gasteiger partial charge in [0, 0.05) is 12.6 Å². The fourth-order valence-corrected chi connectivity index (χ4v) is 2.66. The Balaban J connectivity index is 1.46. The summed E-state index contributed by atoms with van der Waals surface area (Å²) >= 11 is 0. The van der Waals surface area contributed by atoms with E-state index in [4.69, 9.17) is 9.15 Å². The number of ether oxygens (including phenoxy) is 1. The molecule has 4 heteroatoms. The minimum atomic E-state index is -0.553. The molecule has 4 nitrogen and oxygen atoms in total. The molecule has 2 unspecified atom stereocenters. The van der Waals surface area contributed by atoms with Crippen molar-refractivity contribution in [1.29, 1.82) is 0 Å². The maximum atomic E-state index is 10.0. The van der Waals surface area contributed by atoms with Crippen molar-refractivity contribution in [2.24, 2.45) is 0 Å². The standard InChI is InChI=1S/C20H23NO3/c1-15(17-9-8-16-5-2-3-6-18(16)11-17)21-12-19(22)13-23-14-20-7-4-10-24-20/h2-11,15,19,21-22H,12-14H2,1H3. The van der Waals surface area contributed by atoms with Crippen LogP contribution in [0.15, 0.2) is 65.3 Å². The monoisotopic (exact) mass is 325 g/mol. The first-order valence-electron chi connectivity index (χ1n) is 8.22. The van der Waals surface area contributed by atoms with Crippen molar-refractivity contribution in [2.75, 3.05) is 13.2 Å². The summed E-state index contributed by atoms with van der Waals surface area (Å²) in [5.41, 5.74) is 1.21. The molecule has 2 atom stereocenters. The fourth-order valence-electron chi connectivity index (χ4n) is 2.66. The topological polar surface area (TPSA) is 54.6 Å². The van der Waals surface area contributed by atoms with E-state index < -0.39 is 6.10 Å². The number of aliphatic hydroxyl groups is 1. The van der Waals surface area contributed by atoms with Crippen LogP contribution in [0.5, 0.6) is 0 Å². The highest BCUT2D eigenvalue weighted by Gasteiger charge is 2.10. The van der Waals surface area contributed by atoms with Crippen LogP contribution in [-0.2, 0) is 11.3 Å². The largest absolute Gasteiger partial charge is 0.467 e. The summed E-state index contributed by atoms with van der Waals surface area (Å²) in [4.78, 5) is 0. The molecule has 0 saturated carbocycles. The normalized spacial score (nSPS) is 13.9. The van der Waals surface area contributed by atoms with Gasteiger partial charge in [0.15, 0.2) is 0 Å². The fraction of sp³-hybridized carbons (Fsp3) is 0.300.